The van der Waals surface area contributed by atoms with Gasteiger partial charge in [-0.1, -0.05) is 30.3 Å². The van der Waals surface area contributed by atoms with Crippen LogP contribution in [0.15, 0.2) is 54.6 Å². The van der Waals surface area contributed by atoms with E-state index in [0.717, 1.165) is 5.56 Å². The first-order valence-corrected chi connectivity index (χ1v) is 8.68. The minimum atomic E-state index is -0.674. The number of ketones is 1. The Morgan fingerprint density at radius 2 is 2.08 bits per heavy atom. The van der Waals surface area contributed by atoms with Gasteiger partial charge < -0.3 is 14.6 Å². The second-order valence-corrected chi connectivity index (χ2v) is 7.01. The Bertz CT molecular complexity index is 795. The van der Waals surface area contributed by atoms with Crippen molar-refractivity contribution in [2.45, 2.75) is 38.8 Å². The molecule has 0 saturated heterocycles. The van der Waals surface area contributed by atoms with E-state index in [4.69, 9.17) is 4.74 Å². The van der Waals surface area contributed by atoms with Crippen molar-refractivity contribution in [3.8, 4) is 0 Å². The van der Waals surface area contributed by atoms with Crippen molar-refractivity contribution < 1.29 is 14.3 Å². The van der Waals surface area contributed by atoms with Gasteiger partial charge in [-0.3, -0.25) is 9.59 Å². The summed E-state index contributed by atoms with van der Waals surface area (Å²) in [6.07, 6.45) is 5.66. The van der Waals surface area contributed by atoms with Gasteiger partial charge in [0.05, 0.1) is 6.54 Å². The number of amides is 1. The monoisotopic (exact) mass is 353 g/mol. The fraction of sp³-hybridized carbons (Fsp3) is 0.350. The smallest absolute Gasteiger partial charge is 0.289 e. The number of benzene rings is 1. The lowest BCUT2D eigenvalue weighted by atomic mass is 9.98. The maximum Gasteiger partial charge on any atom is 0.289 e. The van der Waals surface area contributed by atoms with Crippen LogP contribution in [0.4, 0.5) is 0 Å². The molecule has 0 atom stereocenters. The minimum absolute atomic E-state index is 0.0920. The molecule has 1 amide bonds. The minimum Gasteiger partial charge on any atom is -0.481 e. The highest BCUT2D eigenvalue weighted by molar-refractivity contribution is 6.01. The summed E-state index contributed by atoms with van der Waals surface area (Å²) in [5, 5.41) is 0. The van der Waals surface area contributed by atoms with Gasteiger partial charge >= 0.3 is 0 Å². The standard InChI is InChI=1S/C20H23N3O3/c1-20(2)13-16(24)12-17(26-20)19(25)23(14-18-21-9-10-22-18)11-8-15-6-4-3-5-7-15/h3-7,9-10,12H,8,11,13-14H2,1-2H3,(H,21,22). The molecule has 1 aromatic carbocycles. The summed E-state index contributed by atoms with van der Waals surface area (Å²) < 4.78 is 5.78. The summed E-state index contributed by atoms with van der Waals surface area (Å²) in [7, 11) is 0. The first-order chi connectivity index (χ1) is 12.4. The summed E-state index contributed by atoms with van der Waals surface area (Å²) in [5.41, 5.74) is 0.465. The number of hydrogen-bond acceptors (Lipinski definition) is 4. The van der Waals surface area contributed by atoms with Crippen LogP contribution in [-0.4, -0.2) is 38.7 Å². The van der Waals surface area contributed by atoms with E-state index in [0.29, 0.717) is 25.3 Å². The lowest BCUT2D eigenvalue weighted by Gasteiger charge is -2.32. The predicted molar refractivity (Wildman–Crippen MR) is 97.0 cm³/mol. The van der Waals surface area contributed by atoms with Gasteiger partial charge in [-0.15, -0.1) is 0 Å². The number of nitrogens with one attached hydrogen (secondary N) is 1. The molecule has 0 radical (unpaired) electrons. The second-order valence-electron chi connectivity index (χ2n) is 7.01. The molecule has 0 aliphatic carbocycles. The highest BCUT2D eigenvalue weighted by Crippen LogP contribution is 2.26. The van der Waals surface area contributed by atoms with Gasteiger partial charge in [0.15, 0.2) is 11.5 Å². The summed E-state index contributed by atoms with van der Waals surface area (Å²) in [6.45, 7) is 4.45. The molecule has 26 heavy (non-hydrogen) atoms. The fourth-order valence-corrected chi connectivity index (χ4v) is 2.97. The van der Waals surface area contributed by atoms with Gasteiger partial charge in [0.2, 0.25) is 0 Å². The van der Waals surface area contributed by atoms with Crippen LogP contribution in [-0.2, 0) is 27.3 Å². The summed E-state index contributed by atoms with van der Waals surface area (Å²) >= 11 is 0. The highest BCUT2D eigenvalue weighted by atomic mass is 16.5. The summed E-state index contributed by atoms with van der Waals surface area (Å²) in [5.74, 6) is 0.406. The quantitative estimate of drug-likeness (QED) is 0.866. The molecule has 1 aliphatic rings. The molecule has 6 heteroatoms. The van der Waals surface area contributed by atoms with Crippen LogP contribution < -0.4 is 0 Å². The van der Waals surface area contributed by atoms with E-state index in [9.17, 15) is 9.59 Å². The van der Waals surface area contributed by atoms with Crippen LogP contribution in [0.25, 0.3) is 0 Å². The average Bonchev–Trinajstić information content (AvgIpc) is 3.10. The van der Waals surface area contributed by atoms with Crippen molar-refractivity contribution in [2.75, 3.05) is 6.54 Å². The maximum atomic E-state index is 13.0. The molecular weight excluding hydrogens is 330 g/mol. The van der Waals surface area contributed by atoms with Gasteiger partial charge in [-0.25, -0.2) is 4.98 Å². The van der Waals surface area contributed by atoms with Gasteiger partial charge in [-0.05, 0) is 25.8 Å². The van der Waals surface area contributed by atoms with E-state index >= 15 is 0 Å². The number of H-pyrrole nitrogens is 1. The number of rotatable bonds is 6. The van der Waals surface area contributed by atoms with Crippen LogP contribution in [0.5, 0.6) is 0 Å². The van der Waals surface area contributed by atoms with E-state index in [1.807, 2.05) is 44.2 Å². The third-order valence-electron chi connectivity index (χ3n) is 4.18. The van der Waals surface area contributed by atoms with Gasteiger partial charge in [0.25, 0.3) is 5.91 Å². The van der Waals surface area contributed by atoms with Crippen LogP contribution in [0.1, 0.15) is 31.7 Å². The number of aromatic nitrogens is 2. The topological polar surface area (TPSA) is 75.3 Å². The molecule has 1 aromatic heterocycles. The van der Waals surface area contributed by atoms with Crippen molar-refractivity contribution >= 4 is 11.7 Å². The zero-order valence-electron chi connectivity index (χ0n) is 15.1. The molecule has 2 heterocycles. The molecule has 1 aliphatic heterocycles. The largest absolute Gasteiger partial charge is 0.481 e. The third kappa shape index (κ3) is 4.59. The van der Waals surface area contributed by atoms with E-state index < -0.39 is 5.60 Å². The van der Waals surface area contributed by atoms with Crippen LogP contribution in [0.3, 0.4) is 0 Å². The SMILES string of the molecule is CC1(C)CC(=O)C=C(C(=O)N(CCc2ccccc2)Cc2ncc[nH]2)O1. The summed E-state index contributed by atoms with van der Waals surface area (Å²) in [6, 6.07) is 9.96. The van der Waals surface area contributed by atoms with E-state index in [2.05, 4.69) is 9.97 Å². The summed E-state index contributed by atoms with van der Waals surface area (Å²) in [4.78, 5) is 33.9. The average molecular weight is 353 g/mol. The maximum absolute atomic E-state index is 13.0. The zero-order valence-corrected chi connectivity index (χ0v) is 15.1. The Balaban J connectivity index is 1.77. The first-order valence-electron chi connectivity index (χ1n) is 8.68. The molecule has 0 unspecified atom stereocenters. The Morgan fingerprint density at radius 1 is 1.31 bits per heavy atom. The zero-order chi connectivity index (χ0) is 18.6. The van der Waals surface area contributed by atoms with Gasteiger partial charge in [0, 0.05) is 31.4 Å². The van der Waals surface area contributed by atoms with Crippen molar-refractivity contribution in [3.05, 3.63) is 65.9 Å². The highest BCUT2D eigenvalue weighted by Gasteiger charge is 2.33. The fourth-order valence-electron chi connectivity index (χ4n) is 2.97. The van der Waals surface area contributed by atoms with Crippen LogP contribution in [0, 0.1) is 0 Å². The third-order valence-corrected chi connectivity index (χ3v) is 4.18. The Morgan fingerprint density at radius 3 is 2.73 bits per heavy atom. The number of hydrogen-bond donors (Lipinski definition) is 1. The number of ether oxygens (including phenoxy) is 1. The van der Waals surface area contributed by atoms with Crippen molar-refractivity contribution in [1.29, 1.82) is 0 Å². The molecular formula is C20H23N3O3. The predicted octanol–water partition coefficient (Wildman–Crippen LogP) is 2.63. The lowest BCUT2D eigenvalue weighted by molar-refractivity contribution is -0.138. The van der Waals surface area contributed by atoms with E-state index in [1.165, 1.54) is 6.08 Å². The van der Waals surface area contributed by atoms with Crippen molar-refractivity contribution in [2.24, 2.45) is 0 Å². The van der Waals surface area contributed by atoms with E-state index in [-0.39, 0.29) is 23.9 Å². The van der Waals surface area contributed by atoms with Gasteiger partial charge in [0.1, 0.15) is 11.4 Å². The lowest BCUT2D eigenvalue weighted by Crippen LogP contribution is -2.40. The van der Waals surface area contributed by atoms with Crippen LogP contribution >= 0.6 is 0 Å². The Kier molecular flexibility index (Phi) is 5.21. The van der Waals surface area contributed by atoms with Gasteiger partial charge in [-0.2, -0.15) is 0 Å². The molecule has 0 bridgehead atoms. The normalized spacial score (nSPS) is 15.9. The molecule has 1 N–H and O–H groups in total. The molecule has 0 spiro atoms. The number of allylic oxidation sites excluding steroid dienone is 1. The number of aromatic amines is 1. The molecule has 136 valence electrons. The second kappa shape index (κ2) is 7.56. The molecule has 6 nitrogen and oxygen atoms in total. The van der Waals surface area contributed by atoms with Crippen molar-refractivity contribution in [1.82, 2.24) is 14.9 Å². The number of carbonyl (C=O) groups excluding carboxylic acids is 2. The molecule has 3 rings (SSSR count). The van der Waals surface area contributed by atoms with Crippen molar-refractivity contribution in [3.63, 3.8) is 0 Å². The molecule has 2 aromatic rings. The van der Waals surface area contributed by atoms with E-state index in [1.54, 1.807) is 17.3 Å². The number of carbonyl (C=O) groups is 2. The first kappa shape index (κ1) is 17.9. The molecule has 0 saturated carbocycles. The van der Waals surface area contributed by atoms with Crippen LogP contribution in [0.2, 0.25) is 0 Å². The Labute approximate surface area is 152 Å². The number of nitrogens with zero attached hydrogens (tertiary/aromatic N) is 2. The number of imidazole rings is 1. The Hall–Kier alpha value is -2.89. The molecule has 0 fully saturated rings.